The Kier molecular flexibility index (Phi) is 3.33. The number of carbonyl (C=O) groups is 1. The van der Waals surface area contributed by atoms with E-state index in [1.807, 2.05) is 0 Å². The fourth-order valence-electron chi connectivity index (χ4n) is 1.90. The topological polar surface area (TPSA) is 58.8 Å². The van der Waals surface area contributed by atoms with Crippen LogP contribution in [0.25, 0.3) is 0 Å². The number of hydrogen-bond acceptors (Lipinski definition) is 4. The van der Waals surface area contributed by atoms with E-state index in [0.717, 1.165) is 12.1 Å². The lowest BCUT2D eigenvalue weighted by molar-refractivity contribution is -0.130. The van der Waals surface area contributed by atoms with Gasteiger partial charge in [0.2, 0.25) is 5.91 Å². The molecule has 5 nitrogen and oxygen atoms in total. The Morgan fingerprint density at radius 3 is 2.56 bits per heavy atom. The second-order valence-electron chi connectivity index (χ2n) is 4.02. The summed E-state index contributed by atoms with van der Waals surface area (Å²) in [5.74, 6) is -1.80. The van der Waals surface area contributed by atoms with E-state index >= 15 is 0 Å². The molecule has 1 aromatic rings. The highest BCUT2D eigenvalue weighted by Crippen LogP contribution is 2.28. The van der Waals surface area contributed by atoms with E-state index < -0.39 is 11.6 Å². The number of carbonyl (C=O) groups excluding carboxylic acids is 1. The lowest BCUT2D eigenvalue weighted by Crippen LogP contribution is -2.29. The van der Waals surface area contributed by atoms with E-state index in [1.165, 1.54) is 16.9 Å². The van der Waals surface area contributed by atoms with Crippen molar-refractivity contribution in [3.63, 3.8) is 0 Å². The number of amides is 1. The molecule has 0 bridgehead atoms. The van der Waals surface area contributed by atoms with Crippen molar-refractivity contribution in [2.24, 2.45) is 0 Å². The van der Waals surface area contributed by atoms with Crippen LogP contribution in [-0.4, -0.2) is 37.9 Å². The zero-order valence-corrected chi connectivity index (χ0v) is 9.82. The first-order valence-corrected chi connectivity index (χ1v) is 5.29. The van der Waals surface area contributed by atoms with Crippen LogP contribution in [0.1, 0.15) is 0 Å². The molecule has 0 saturated carbocycles. The molecule has 0 aliphatic carbocycles. The maximum absolute atomic E-state index is 13.7. The van der Waals surface area contributed by atoms with Gasteiger partial charge in [0.15, 0.2) is 11.6 Å². The molecule has 0 unspecified atom stereocenters. The molecule has 1 fully saturated rings. The van der Waals surface area contributed by atoms with Crippen LogP contribution in [-0.2, 0) is 9.53 Å². The standard InChI is InChI=1S/C11H13F2N3O2/c1-18-6-16-5-15(4-10(16)17)11-8(12)2-7(14)3-9(11)13/h2-3H,4-6,14H2,1H3. The fraction of sp³-hybridized carbons (Fsp3) is 0.364. The van der Waals surface area contributed by atoms with Crippen molar-refractivity contribution in [1.29, 1.82) is 0 Å². The normalized spacial score (nSPS) is 15.6. The molecule has 1 heterocycles. The van der Waals surface area contributed by atoms with Crippen LogP contribution >= 0.6 is 0 Å². The van der Waals surface area contributed by atoms with Gasteiger partial charge < -0.3 is 20.3 Å². The van der Waals surface area contributed by atoms with Crippen LogP contribution in [0.15, 0.2) is 12.1 Å². The SMILES string of the molecule is COCN1CN(c2c(F)cc(N)cc2F)CC1=O. The third kappa shape index (κ3) is 2.21. The van der Waals surface area contributed by atoms with Gasteiger partial charge in [-0.05, 0) is 12.1 Å². The van der Waals surface area contributed by atoms with Crippen molar-refractivity contribution in [3.05, 3.63) is 23.8 Å². The second-order valence-corrected chi connectivity index (χ2v) is 4.02. The van der Waals surface area contributed by atoms with Crippen LogP contribution in [0.3, 0.4) is 0 Å². The first-order valence-electron chi connectivity index (χ1n) is 5.29. The molecule has 1 saturated heterocycles. The minimum atomic E-state index is -0.778. The van der Waals surface area contributed by atoms with Crippen molar-refractivity contribution in [2.45, 2.75) is 0 Å². The summed E-state index contributed by atoms with van der Waals surface area (Å²) in [6.07, 6.45) is 0. The molecule has 1 aliphatic rings. The lowest BCUT2D eigenvalue weighted by atomic mass is 10.2. The van der Waals surface area contributed by atoms with Crippen molar-refractivity contribution in [3.8, 4) is 0 Å². The van der Waals surface area contributed by atoms with Crippen molar-refractivity contribution >= 4 is 17.3 Å². The van der Waals surface area contributed by atoms with E-state index in [-0.39, 0.29) is 37.2 Å². The summed E-state index contributed by atoms with van der Waals surface area (Å²) in [4.78, 5) is 14.2. The summed E-state index contributed by atoms with van der Waals surface area (Å²) < 4.78 is 32.2. The van der Waals surface area contributed by atoms with Gasteiger partial charge in [0.1, 0.15) is 12.4 Å². The third-order valence-electron chi connectivity index (χ3n) is 2.66. The highest BCUT2D eigenvalue weighted by Gasteiger charge is 2.30. The Balaban J connectivity index is 2.26. The molecule has 1 amide bonds. The van der Waals surface area contributed by atoms with Crippen LogP contribution in [0.5, 0.6) is 0 Å². The molecule has 18 heavy (non-hydrogen) atoms. The highest BCUT2D eigenvalue weighted by atomic mass is 19.1. The molecule has 0 atom stereocenters. The molecule has 7 heteroatoms. The molecule has 2 N–H and O–H groups in total. The predicted octanol–water partition coefficient (Wildman–Crippen LogP) is 0.757. The van der Waals surface area contributed by atoms with Crippen molar-refractivity contribution < 1.29 is 18.3 Å². The molecular weight excluding hydrogens is 244 g/mol. The summed E-state index contributed by atoms with van der Waals surface area (Å²) >= 11 is 0. The van der Waals surface area contributed by atoms with E-state index in [4.69, 9.17) is 10.5 Å². The Morgan fingerprint density at radius 2 is 2.00 bits per heavy atom. The number of rotatable bonds is 3. The molecule has 1 aromatic carbocycles. The number of halogens is 2. The van der Waals surface area contributed by atoms with Crippen LogP contribution in [0, 0.1) is 11.6 Å². The number of benzene rings is 1. The van der Waals surface area contributed by atoms with Crippen LogP contribution < -0.4 is 10.6 Å². The van der Waals surface area contributed by atoms with Gasteiger partial charge in [0.05, 0.1) is 13.2 Å². The quantitative estimate of drug-likeness (QED) is 0.812. The van der Waals surface area contributed by atoms with Gasteiger partial charge in [-0.1, -0.05) is 0 Å². The average molecular weight is 257 g/mol. The maximum atomic E-state index is 13.7. The van der Waals surface area contributed by atoms with Gasteiger partial charge in [0, 0.05) is 12.8 Å². The average Bonchev–Trinajstić information content (AvgIpc) is 2.59. The lowest BCUT2D eigenvalue weighted by Gasteiger charge is -2.20. The highest BCUT2D eigenvalue weighted by molar-refractivity contribution is 5.85. The molecule has 0 aromatic heterocycles. The van der Waals surface area contributed by atoms with Gasteiger partial charge >= 0.3 is 0 Å². The Labute approximate surface area is 103 Å². The van der Waals surface area contributed by atoms with E-state index in [9.17, 15) is 13.6 Å². The molecule has 2 rings (SSSR count). The number of anilines is 2. The smallest absolute Gasteiger partial charge is 0.245 e. The van der Waals surface area contributed by atoms with E-state index in [0.29, 0.717) is 0 Å². The first kappa shape index (κ1) is 12.6. The molecule has 0 spiro atoms. The largest absolute Gasteiger partial charge is 0.399 e. The fourth-order valence-corrected chi connectivity index (χ4v) is 1.90. The second kappa shape index (κ2) is 4.77. The Morgan fingerprint density at radius 1 is 1.39 bits per heavy atom. The van der Waals surface area contributed by atoms with Gasteiger partial charge in [-0.25, -0.2) is 8.78 Å². The summed E-state index contributed by atoms with van der Waals surface area (Å²) in [6.45, 7) is 0.0963. The zero-order chi connectivity index (χ0) is 13.3. The van der Waals surface area contributed by atoms with Crippen LogP contribution in [0.4, 0.5) is 20.2 Å². The molecule has 0 radical (unpaired) electrons. The summed E-state index contributed by atoms with van der Waals surface area (Å²) in [6, 6.07) is 2.06. The molecular formula is C11H13F2N3O2. The van der Waals surface area contributed by atoms with Gasteiger partial charge in [-0.3, -0.25) is 4.79 Å². The van der Waals surface area contributed by atoms with Crippen molar-refractivity contribution in [2.75, 3.05) is 37.7 Å². The number of nitrogens with zero attached hydrogens (tertiary/aromatic N) is 2. The minimum absolute atomic E-state index is 0.00743. The first-order chi connectivity index (χ1) is 8.52. The number of nitrogens with two attached hydrogens (primary N) is 1. The molecule has 98 valence electrons. The Hall–Kier alpha value is -1.89. The number of nitrogen functional groups attached to an aromatic ring is 1. The van der Waals surface area contributed by atoms with Gasteiger partial charge in [-0.15, -0.1) is 0 Å². The number of hydrogen-bond donors (Lipinski definition) is 1. The third-order valence-corrected chi connectivity index (χ3v) is 2.66. The van der Waals surface area contributed by atoms with Gasteiger partial charge in [0.25, 0.3) is 0 Å². The Bertz CT molecular complexity index is 458. The van der Waals surface area contributed by atoms with E-state index in [2.05, 4.69) is 0 Å². The molecule has 1 aliphatic heterocycles. The van der Waals surface area contributed by atoms with Crippen molar-refractivity contribution in [1.82, 2.24) is 4.90 Å². The van der Waals surface area contributed by atoms with Gasteiger partial charge in [-0.2, -0.15) is 0 Å². The van der Waals surface area contributed by atoms with E-state index in [1.54, 1.807) is 0 Å². The summed E-state index contributed by atoms with van der Waals surface area (Å²) in [5, 5.41) is 0. The predicted molar refractivity (Wildman–Crippen MR) is 61.7 cm³/mol. The van der Waals surface area contributed by atoms with Crippen LogP contribution in [0.2, 0.25) is 0 Å². The summed E-state index contributed by atoms with van der Waals surface area (Å²) in [5.41, 5.74) is 5.10. The number of methoxy groups -OCH3 is 1. The maximum Gasteiger partial charge on any atom is 0.245 e. The minimum Gasteiger partial charge on any atom is -0.399 e. The summed E-state index contributed by atoms with van der Waals surface area (Å²) in [7, 11) is 1.44. The monoisotopic (exact) mass is 257 g/mol. The number of ether oxygens (including phenoxy) is 1. The zero-order valence-electron chi connectivity index (χ0n) is 9.82.